The number of rotatable bonds is 5. The normalized spacial score (nSPS) is 9.87. The first-order valence-electron chi connectivity index (χ1n) is 3.95. The third-order valence-corrected chi connectivity index (χ3v) is 2.26. The van der Waals surface area contributed by atoms with Gasteiger partial charge in [-0.3, -0.25) is 14.9 Å². The highest BCUT2D eigenvalue weighted by atomic mass is 32.2. The Bertz CT molecular complexity index is 365. The Morgan fingerprint density at radius 2 is 2.07 bits per heavy atom. The van der Waals surface area contributed by atoms with Crippen molar-refractivity contribution in [2.24, 2.45) is 0 Å². The summed E-state index contributed by atoms with van der Waals surface area (Å²) < 4.78 is 2.60. The minimum atomic E-state index is -0.954. The number of carbonyl (C=O) groups is 1. The quantitative estimate of drug-likeness (QED) is 0.448. The van der Waals surface area contributed by atoms with Crippen LogP contribution in [0.25, 0.3) is 0 Å². The fourth-order valence-corrected chi connectivity index (χ4v) is 1.45. The fraction of sp³-hybridized carbons (Fsp3) is 0.125. The van der Waals surface area contributed by atoms with Crippen LogP contribution < -0.4 is 4.72 Å². The number of aliphatic carboxylic acids is 1. The molecule has 1 aromatic rings. The van der Waals surface area contributed by atoms with Gasteiger partial charge >= 0.3 is 5.97 Å². The second-order valence-corrected chi connectivity index (χ2v) is 3.53. The van der Waals surface area contributed by atoms with E-state index in [0.29, 0.717) is 0 Å². The zero-order valence-corrected chi connectivity index (χ0v) is 8.36. The number of benzene rings is 1. The fourth-order valence-electron chi connectivity index (χ4n) is 0.817. The molecular formula is C8H8N2O4S. The van der Waals surface area contributed by atoms with Crippen LogP contribution in [0.4, 0.5) is 5.69 Å². The van der Waals surface area contributed by atoms with Crippen LogP contribution in [0.1, 0.15) is 0 Å². The monoisotopic (exact) mass is 228 g/mol. The van der Waals surface area contributed by atoms with E-state index in [9.17, 15) is 14.9 Å². The van der Waals surface area contributed by atoms with E-state index in [-0.39, 0.29) is 12.2 Å². The van der Waals surface area contributed by atoms with Gasteiger partial charge < -0.3 is 5.11 Å². The number of nitro benzene ring substituents is 1. The molecule has 0 unspecified atom stereocenters. The van der Waals surface area contributed by atoms with E-state index in [2.05, 4.69) is 4.72 Å². The Morgan fingerprint density at radius 1 is 1.47 bits per heavy atom. The van der Waals surface area contributed by atoms with Gasteiger partial charge in [0.1, 0.15) is 6.54 Å². The largest absolute Gasteiger partial charge is 0.480 e. The van der Waals surface area contributed by atoms with Gasteiger partial charge in [-0.05, 0) is 24.1 Å². The average molecular weight is 228 g/mol. The van der Waals surface area contributed by atoms with E-state index in [1.807, 2.05) is 0 Å². The molecule has 0 bridgehead atoms. The number of carboxylic acids is 1. The van der Waals surface area contributed by atoms with Gasteiger partial charge in [-0.1, -0.05) is 0 Å². The number of nitrogens with one attached hydrogen (secondary N) is 1. The molecule has 7 heteroatoms. The van der Waals surface area contributed by atoms with Crippen molar-refractivity contribution >= 4 is 23.6 Å². The van der Waals surface area contributed by atoms with Crippen LogP contribution in [0.2, 0.25) is 0 Å². The zero-order chi connectivity index (χ0) is 11.3. The predicted molar refractivity (Wildman–Crippen MR) is 54.6 cm³/mol. The summed E-state index contributed by atoms with van der Waals surface area (Å²) >= 11 is 1.12. The van der Waals surface area contributed by atoms with Gasteiger partial charge in [0.15, 0.2) is 0 Å². The van der Waals surface area contributed by atoms with Gasteiger partial charge in [0.05, 0.1) is 4.92 Å². The lowest BCUT2D eigenvalue weighted by atomic mass is 10.3. The van der Waals surface area contributed by atoms with Crippen LogP contribution in [0, 0.1) is 10.1 Å². The smallest absolute Gasteiger partial charge is 0.318 e. The van der Waals surface area contributed by atoms with Crippen LogP contribution in [0.15, 0.2) is 29.2 Å². The molecule has 0 atom stereocenters. The Morgan fingerprint density at radius 3 is 2.53 bits per heavy atom. The molecule has 0 aliphatic rings. The standard InChI is InChI=1S/C8H8N2O4S/c11-8(12)5-9-15-7-3-1-6(2-4-7)10(13)14/h1-4,9H,5H2,(H,11,12). The maximum absolute atomic E-state index is 10.3. The number of nitro groups is 1. The Labute approximate surface area is 89.6 Å². The maximum atomic E-state index is 10.3. The number of hydrogen-bond donors (Lipinski definition) is 2. The van der Waals surface area contributed by atoms with Gasteiger partial charge in [-0.25, -0.2) is 4.72 Å². The van der Waals surface area contributed by atoms with Crippen molar-refractivity contribution in [3.05, 3.63) is 34.4 Å². The highest BCUT2D eigenvalue weighted by molar-refractivity contribution is 7.97. The first-order valence-corrected chi connectivity index (χ1v) is 4.77. The summed E-state index contributed by atoms with van der Waals surface area (Å²) in [6.45, 7) is -0.165. The van der Waals surface area contributed by atoms with Crippen LogP contribution in [0.5, 0.6) is 0 Å². The molecule has 0 heterocycles. The molecule has 1 aromatic carbocycles. The number of non-ortho nitro benzene ring substituents is 1. The molecular weight excluding hydrogens is 220 g/mol. The molecule has 0 spiro atoms. The first kappa shape index (κ1) is 11.5. The summed E-state index contributed by atoms with van der Waals surface area (Å²) in [6, 6.07) is 5.84. The van der Waals surface area contributed by atoms with Crippen molar-refractivity contribution in [3.8, 4) is 0 Å². The van der Waals surface area contributed by atoms with E-state index in [1.54, 1.807) is 12.1 Å². The molecule has 6 nitrogen and oxygen atoms in total. The van der Waals surface area contributed by atoms with Crippen molar-refractivity contribution in [2.75, 3.05) is 6.54 Å². The van der Waals surface area contributed by atoms with E-state index in [1.165, 1.54) is 12.1 Å². The molecule has 0 aliphatic carbocycles. The van der Waals surface area contributed by atoms with E-state index >= 15 is 0 Å². The van der Waals surface area contributed by atoms with Gasteiger partial charge in [-0.2, -0.15) is 0 Å². The first-order chi connectivity index (χ1) is 7.09. The summed E-state index contributed by atoms with van der Waals surface area (Å²) in [5, 5.41) is 18.7. The molecule has 0 saturated carbocycles. The van der Waals surface area contributed by atoms with Gasteiger partial charge in [0.25, 0.3) is 5.69 Å². The van der Waals surface area contributed by atoms with E-state index in [4.69, 9.17) is 5.11 Å². The summed E-state index contributed by atoms with van der Waals surface area (Å²) in [5.41, 5.74) is 0.0117. The lowest BCUT2D eigenvalue weighted by Crippen LogP contribution is -2.15. The molecule has 0 aromatic heterocycles. The molecule has 15 heavy (non-hydrogen) atoms. The molecule has 0 aliphatic heterocycles. The van der Waals surface area contributed by atoms with E-state index < -0.39 is 10.9 Å². The summed E-state index contributed by atoms with van der Waals surface area (Å²) in [7, 11) is 0. The van der Waals surface area contributed by atoms with Gasteiger partial charge in [-0.15, -0.1) is 0 Å². The molecule has 0 fully saturated rings. The van der Waals surface area contributed by atoms with E-state index in [0.717, 1.165) is 16.8 Å². The predicted octanol–water partition coefficient (Wildman–Crippen LogP) is 1.28. The number of carboxylic acid groups (broad SMARTS) is 1. The van der Waals surface area contributed by atoms with Crippen molar-refractivity contribution in [3.63, 3.8) is 0 Å². The topological polar surface area (TPSA) is 92.5 Å². The maximum Gasteiger partial charge on any atom is 0.318 e. The highest BCUT2D eigenvalue weighted by Gasteiger charge is 2.04. The van der Waals surface area contributed by atoms with Crippen LogP contribution in [-0.2, 0) is 4.79 Å². The van der Waals surface area contributed by atoms with Crippen molar-refractivity contribution in [1.29, 1.82) is 0 Å². The van der Waals surface area contributed by atoms with Gasteiger partial charge in [0, 0.05) is 17.0 Å². The molecule has 2 N–H and O–H groups in total. The molecule has 0 amide bonds. The number of hydrogen-bond acceptors (Lipinski definition) is 5. The highest BCUT2D eigenvalue weighted by Crippen LogP contribution is 2.18. The summed E-state index contributed by atoms with van der Waals surface area (Å²) in [4.78, 5) is 20.7. The Kier molecular flexibility index (Phi) is 4.07. The Balaban J connectivity index is 2.50. The SMILES string of the molecule is O=C(O)CNSc1ccc([N+](=O)[O-])cc1. The van der Waals surface area contributed by atoms with Crippen LogP contribution >= 0.6 is 11.9 Å². The minimum absolute atomic E-state index is 0.0117. The molecule has 0 saturated heterocycles. The zero-order valence-electron chi connectivity index (χ0n) is 7.54. The lowest BCUT2D eigenvalue weighted by molar-refractivity contribution is -0.384. The second-order valence-electron chi connectivity index (χ2n) is 2.57. The Hall–Kier alpha value is -1.60. The second kappa shape index (κ2) is 5.32. The van der Waals surface area contributed by atoms with Crippen molar-refractivity contribution < 1.29 is 14.8 Å². The number of nitrogens with zero attached hydrogens (tertiary/aromatic N) is 1. The molecule has 1 rings (SSSR count). The van der Waals surface area contributed by atoms with Crippen molar-refractivity contribution in [2.45, 2.75) is 4.90 Å². The third kappa shape index (κ3) is 3.96. The summed E-state index contributed by atoms with van der Waals surface area (Å²) in [6.07, 6.45) is 0. The third-order valence-electron chi connectivity index (χ3n) is 1.46. The average Bonchev–Trinajstić information content (AvgIpc) is 2.18. The van der Waals surface area contributed by atoms with Crippen molar-refractivity contribution in [1.82, 2.24) is 4.72 Å². The summed E-state index contributed by atoms with van der Waals surface area (Å²) in [5.74, 6) is -0.954. The van der Waals surface area contributed by atoms with Crippen LogP contribution in [0.3, 0.4) is 0 Å². The molecule has 80 valence electrons. The van der Waals surface area contributed by atoms with Crippen LogP contribution in [-0.4, -0.2) is 22.5 Å². The lowest BCUT2D eigenvalue weighted by Gasteiger charge is -2.00. The van der Waals surface area contributed by atoms with Gasteiger partial charge in [0.2, 0.25) is 0 Å². The minimum Gasteiger partial charge on any atom is -0.480 e. The molecule has 0 radical (unpaired) electrons.